The monoisotopic (exact) mass is 471 g/mol. The number of benzene rings is 2. The first-order valence-corrected chi connectivity index (χ1v) is 11.8. The molecule has 0 aliphatic heterocycles. The third kappa shape index (κ3) is 5.23. The summed E-state index contributed by atoms with van der Waals surface area (Å²) in [4.78, 5) is 29.1. The molecule has 0 saturated carbocycles. The van der Waals surface area contributed by atoms with Gasteiger partial charge in [-0.15, -0.1) is 10.2 Å². The molecule has 1 amide bonds. The first-order valence-electron chi connectivity index (χ1n) is 11.0. The Kier molecular flexibility index (Phi) is 7.18. The molecule has 8 heteroatoms. The molecule has 1 atom stereocenters. The molecule has 0 radical (unpaired) electrons. The first kappa shape index (κ1) is 23.4. The smallest absolute Gasteiger partial charge is 0.226 e. The largest absolute Gasteiger partial charge is 0.326 e. The van der Waals surface area contributed by atoms with Crippen LogP contribution < -0.4 is 5.32 Å². The van der Waals surface area contributed by atoms with Crippen molar-refractivity contribution in [1.29, 1.82) is 0 Å². The molecular formula is C26H25N5O2S. The third-order valence-electron chi connectivity index (χ3n) is 5.20. The molecule has 172 valence electrons. The van der Waals surface area contributed by atoms with Crippen molar-refractivity contribution in [3.8, 4) is 17.1 Å². The number of hydrogen-bond acceptors (Lipinski definition) is 6. The zero-order valence-corrected chi connectivity index (χ0v) is 20.0. The van der Waals surface area contributed by atoms with Crippen molar-refractivity contribution in [3.05, 3.63) is 84.7 Å². The highest BCUT2D eigenvalue weighted by Gasteiger charge is 2.23. The predicted octanol–water partition coefficient (Wildman–Crippen LogP) is 5.29. The molecule has 0 bridgehead atoms. The second kappa shape index (κ2) is 10.4. The van der Waals surface area contributed by atoms with E-state index >= 15 is 0 Å². The molecular weight excluding hydrogens is 446 g/mol. The van der Waals surface area contributed by atoms with E-state index in [2.05, 4.69) is 20.5 Å². The normalized spacial score (nSPS) is 11.9. The second-order valence-electron chi connectivity index (χ2n) is 8.06. The number of amides is 1. The number of nitrogens with zero attached hydrogens (tertiary/aromatic N) is 4. The summed E-state index contributed by atoms with van der Waals surface area (Å²) in [7, 11) is 0. The van der Waals surface area contributed by atoms with Crippen LogP contribution in [-0.2, 0) is 4.79 Å². The minimum absolute atomic E-state index is 0.0280. The average Bonchev–Trinajstić information content (AvgIpc) is 3.28. The highest BCUT2D eigenvalue weighted by Crippen LogP contribution is 2.31. The maximum absolute atomic E-state index is 13.1. The van der Waals surface area contributed by atoms with Crippen molar-refractivity contribution in [1.82, 2.24) is 19.7 Å². The van der Waals surface area contributed by atoms with Crippen molar-refractivity contribution >= 4 is 29.1 Å². The van der Waals surface area contributed by atoms with Gasteiger partial charge in [0.15, 0.2) is 16.8 Å². The van der Waals surface area contributed by atoms with Gasteiger partial charge in [-0.3, -0.25) is 19.1 Å². The number of ketones is 1. The van der Waals surface area contributed by atoms with E-state index in [1.807, 2.05) is 67.8 Å². The van der Waals surface area contributed by atoms with Gasteiger partial charge in [0.05, 0.1) is 5.25 Å². The van der Waals surface area contributed by atoms with Crippen molar-refractivity contribution in [2.24, 2.45) is 5.92 Å². The molecule has 0 fully saturated rings. The highest BCUT2D eigenvalue weighted by molar-refractivity contribution is 8.00. The van der Waals surface area contributed by atoms with E-state index in [9.17, 15) is 9.59 Å². The molecule has 34 heavy (non-hydrogen) atoms. The molecule has 4 rings (SSSR count). The average molecular weight is 472 g/mol. The van der Waals surface area contributed by atoms with Gasteiger partial charge >= 0.3 is 0 Å². The van der Waals surface area contributed by atoms with Crippen molar-refractivity contribution in [2.45, 2.75) is 31.2 Å². The molecule has 0 aliphatic carbocycles. The standard InChI is InChI=1S/C26H25N5O2S/c1-17(2)25(33)28-21-11-9-19(10-12-21)23(32)18(3)34-26-30-29-24(20-13-15-27-16-14-20)31(26)22-7-5-4-6-8-22/h4-18H,1-3H3,(H,28,33)/t18-/m0/s1. The quantitative estimate of drug-likeness (QED) is 0.277. The number of pyridine rings is 1. The fourth-order valence-electron chi connectivity index (χ4n) is 3.29. The van der Waals surface area contributed by atoms with Crippen molar-refractivity contribution < 1.29 is 9.59 Å². The van der Waals surface area contributed by atoms with Gasteiger partial charge in [0.25, 0.3) is 0 Å². The molecule has 2 heterocycles. The maximum atomic E-state index is 13.1. The summed E-state index contributed by atoms with van der Waals surface area (Å²) in [6.45, 7) is 5.53. The van der Waals surface area contributed by atoms with Gasteiger partial charge in [-0.05, 0) is 55.5 Å². The van der Waals surface area contributed by atoms with Crippen LogP contribution in [0, 0.1) is 5.92 Å². The zero-order chi connectivity index (χ0) is 24.1. The Balaban J connectivity index is 1.57. The van der Waals surface area contributed by atoms with Gasteiger partial charge in [-0.1, -0.05) is 43.8 Å². The van der Waals surface area contributed by atoms with E-state index in [-0.39, 0.29) is 17.6 Å². The number of carbonyl (C=O) groups is 2. The van der Waals surface area contributed by atoms with E-state index in [1.165, 1.54) is 11.8 Å². The van der Waals surface area contributed by atoms with Crippen LogP contribution in [0.4, 0.5) is 5.69 Å². The number of thioether (sulfide) groups is 1. The Labute approximate surface area is 202 Å². The topological polar surface area (TPSA) is 89.8 Å². The summed E-state index contributed by atoms with van der Waals surface area (Å²) in [5.74, 6) is 0.478. The number of carbonyl (C=O) groups excluding carboxylic acids is 2. The highest BCUT2D eigenvalue weighted by atomic mass is 32.2. The van der Waals surface area contributed by atoms with Gasteiger partial charge in [-0.25, -0.2) is 0 Å². The molecule has 7 nitrogen and oxygen atoms in total. The Morgan fingerprint density at radius 3 is 2.21 bits per heavy atom. The number of rotatable bonds is 8. The fourth-order valence-corrected chi connectivity index (χ4v) is 4.24. The van der Waals surface area contributed by atoms with Gasteiger partial charge in [0, 0.05) is 40.8 Å². The summed E-state index contributed by atoms with van der Waals surface area (Å²) in [5, 5.41) is 11.9. The zero-order valence-electron chi connectivity index (χ0n) is 19.2. The lowest BCUT2D eigenvalue weighted by atomic mass is 10.1. The summed E-state index contributed by atoms with van der Waals surface area (Å²) in [5.41, 5.74) is 3.03. The SMILES string of the molecule is CC(C)C(=O)Nc1ccc(C(=O)[C@H](C)Sc2nnc(-c3ccncc3)n2-c2ccccc2)cc1. The van der Waals surface area contributed by atoms with E-state index in [0.717, 1.165) is 11.3 Å². The summed E-state index contributed by atoms with van der Waals surface area (Å²) < 4.78 is 1.95. The van der Waals surface area contributed by atoms with Crippen LogP contribution in [0.25, 0.3) is 17.1 Å². The number of aromatic nitrogens is 4. The molecule has 0 aliphatic rings. The number of nitrogens with one attached hydrogen (secondary N) is 1. The Hall–Kier alpha value is -3.78. The lowest BCUT2D eigenvalue weighted by Crippen LogP contribution is -2.18. The summed E-state index contributed by atoms with van der Waals surface area (Å²) >= 11 is 1.36. The molecule has 0 spiro atoms. The minimum atomic E-state index is -0.395. The molecule has 0 saturated heterocycles. The van der Waals surface area contributed by atoms with E-state index in [1.54, 1.807) is 36.7 Å². The first-order chi connectivity index (χ1) is 16.4. The van der Waals surface area contributed by atoms with Gasteiger partial charge < -0.3 is 5.32 Å². The molecule has 0 unspecified atom stereocenters. The molecule has 2 aromatic carbocycles. The van der Waals surface area contributed by atoms with Crippen LogP contribution >= 0.6 is 11.8 Å². The molecule has 1 N–H and O–H groups in total. The Morgan fingerprint density at radius 2 is 1.56 bits per heavy atom. The number of para-hydroxylation sites is 1. The predicted molar refractivity (Wildman–Crippen MR) is 134 cm³/mol. The van der Waals surface area contributed by atoms with Gasteiger partial charge in [-0.2, -0.15) is 0 Å². The van der Waals surface area contributed by atoms with Crippen molar-refractivity contribution in [2.75, 3.05) is 5.32 Å². The maximum Gasteiger partial charge on any atom is 0.226 e. The fraction of sp³-hybridized carbons (Fsp3) is 0.192. The molecule has 4 aromatic rings. The number of hydrogen-bond donors (Lipinski definition) is 1. The minimum Gasteiger partial charge on any atom is -0.326 e. The summed E-state index contributed by atoms with van der Waals surface area (Å²) in [6, 6.07) is 20.5. The van der Waals surface area contributed by atoms with Crippen LogP contribution in [-0.4, -0.2) is 36.7 Å². The van der Waals surface area contributed by atoms with Crippen LogP contribution in [0.1, 0.15) is 31.1 Å². The van der Waals surface area contributed by atoms with Crippen LogP contribution in [0.3, 0.4) is 0 Å². The van der Waals surface area contributed by atoms with Crippen LogP contribution in [0.5, 0.6) is 0 Å². The lowest BCUT2D eigenvalue weighted by molar-refractivity contribution is -0.118. The number of Topliss-reactive ketones (excluding diaryl/α,β-unsaturated/α-hetero) is 1. The number of anilines is 1. The van der Waals surface area contributed by atoms with E-state index in [0.29, 0.717) is 22.2 Å². The summed E-state index contributed by atoms with van der Waals surface area (Å²) in [6.07, 6.45) is 3.43. The van der Waals surface area contributed by atoms with Gasteiger partial charge in [0.2, 0.25) is 5.91 Å². The third-order valence-corrected chi connectivity index (χ3v) is 6.24. The van der Waals surface area contributed by atoms with Gasteiger partial charge in [0.1, 0.15) is 0 Å². The second-order valence-corrected chi connectivity index (χ2v) is 9.37. The van der Waals surface area contributed by atoms with E-state index in [4.69, 9.17) is 0 Å². The van der Waals surface area contributed by atoms with Crippen molar-refractivity contribution in [3.63, 3.8) is 0 Å². The van der Waals surface area contributed by atoms with E-state index < -0.39 is 5.25 Å². The Morgan fingerprint density at radius 1 is 0.882 bits per heavy atom. The Bertz CT molecular complexity index is 1270. The molecule has 2 aromatic heterocycles. The lowest BCUT2D eigenvalue weighted by Gasteiger charge is -2.14. The van der Waals surface area contributed by atoms with Crippen LogP contribution in [0.2, 0.25) is 0 Å². The van der Waals surface area contributed by atoms with Crippen LogP contribution in [0.15, 0.2) is 84.3 Å².